The zero-order valence-corrected chi connectivity index (χ0v) is 20.4. The summed E-state index contributed by atoms with van der Waals surface area (Å²) in [5.41, 5.74) is 1.24. The Morgan fingerprint density at radius 1 is 1.15 bits per heavy atom. The summed E-state index contributed by atoms with van der Waals surface area (Å²) in [6, 6.07) is 12.7. The number of halogens is 1. The molecule has 3 fully saturated rings. The Hall–Kier alpha value is -2.42. The van der Waals surface area contributed by atoms with Crippen molar-refractivity contribution in [1.82, 2.24) is 10.2 Å². The van der Waals surface area contributed by atoms with E-state index >= 15 is 0 Å². The predicted octanol–water partition coefficient (Wildman–Crippen LogP) is 3.24. The smallest absolute Gasteiger partial charge is 0.254 e. The van der Waals surface area contributed by atoms with E-state index in [1.54, 1.807) is 36.1 Å². The molecule has 2 aromatic carbocycles. The van der Waals surface area contributed by atoms with Gasteiger partial charge in [0.05, 0.1) is 29.9 Å². The monoisotopic (exact) mass is 502 g/mol. The van der Waals surface area contributed by atoms with Crippen LogP contribution in [0.2, 0.25) is 5.02 Å². The Balaban J connectivity index is 1.37. The van der Waals surface area contributed by atoms with Gasteiger partial charge in [-0.2, -0.15) is 0 Å². The van der Waals surface area contributed by atoms with E-state index in [0.29, 0.717) is 36.1 Å². The number of fused-ring (bicyclic) bond motifs is 1. The van der Waals surface area contributed by atoms with Gasteiger partial charge in [0, 0.05) is 22.5 Å². The summed E-state index contributed by atoms with van der Waals surface area (Å²) in [5, 5.41) is 3.79. The first kappa shape index (κ1) is 23.3. The molecule has 2 amide bonds. The van der Waals surface area contributed by atoms with Crippen molar-refractivity contribution < 1.29 is 22.7 Å². The molecule has 1 unspecified atom stereocenters. The van der Waals surface area contributed by atoms with Gasteiger partial charge >= 0.3 is 0 Å². The van der Waals surface area contributed by atoms with Gasteiger partial charge in [0.1, 0.15) is 6.04 Å². The van der Waals surface area contributed by atoms with Gasteiger partial charge in [0.15, 0.2) is 9.84 Å². The maximum Gasteiger partial charge on any atom is 0.254 e. The fraction of sp³-hybridized carbons (Fsp3) is 0.440. The first-order valence-corrected chi connectivity index (χ1v) is 13.6. The van der Waals surface area contributed by atoms with Crippen molar-refractivity contribution in [2.45, 2.75) is 42.8 Å². The van der Waals surface area contributed by atoms with E-state index in [2.05, 4.69) is 5.32 Å². The molecule has 0 aromatic heterocycles. The van der Waals surface area contributed by atoms with Gasteiger partial charge in [0.2, 0.25) is 5.91 Å². The third-order valence-electron chi connectivity index (χ3n) is 7.12. The molecule has 5 rings (SSSR count). The lowest BCUT2D eigenvalue weighted by Gasteiger charge is -2.36. The van der Waals surface area contributed by atoms with Crippen molar-refractivity contribution in [3.63, 3.8) is 0 Å². The molecule has 0 spiro atoms. The summed E-state index contributed by atoms with van der Waals surface area (Å²) in [6.07, 6.45) is 1.49. The van der Waals surface area contributed by atoms with E-state index in [9.17, 15) is 18.0 Å². The van der Waals surface area contributed by atoms with E-state index in [-0.39, 0.29) is 40.5 Å². The molecule has 1 aliphatic carbocycles. The molecular weight excluding hydrogens is 476 g/mol. The van der Waals surface area contributed by atoms with Gasteiger partial charge in [-0.05, 0) is 54.7 Å². The number of benzene rings is 2. The highest BCUT2D eigenvalue weighted by molar-refractivity contribution is 7.91. The minimum Gasteiger partial charge on any atom is -0.381 e. The van der Waals surface area contributed by atoms with Gasteiger partial charge in [-0.3, -0.25) is 9.59 Å². The number of ether oxygens (including phenoxy) is 1. The Labute approximate surface area is 204 Å². The van der Waals surface area contributed by atoms with E-state index in [4.69, 9.17) is 16.3 Å². The average molecular weight is 503 g/mol. The number of piperidine rings is 1. The fourth-order valence-electron chi connectivity index (χ4n) is 4.96. The summed E-state index contributed by atoms with van der Waals surface area (Å²) < 4.78 is 30.0. The Morgan fingerprint density at radius 3 is 2.53 bits per heavy atom. The van der Waals surface area contributed by atoms with E-state index in [1.165, 1.54) is 12.1 Å². The number of rotatable bonds is 7. The second-order valence-electron chi connectivity index (χ2n) is 9.29. The largest absolute Gasteiger partial charge is 0.381 e. The zero-order chi connectivity index (χ0) is 24.0. The van der Waals surface area contributed by atoms with Crippen LogP contribution in [0.4, 0.5) is 0 Å². The molecule has 4 atom stereocenters. The van der Waals surface area contributed by atoms with Crippen molar-refractivity contribution in [1.29, 1.82) is 0 Å². The van der Waals surface area contributed by atoms with Crippen molar-refractivity contribution in [2.24, 2.45) is 11.8 Å². The third-order valence-corrected chi connectivity index (χ3v) is 9.11. The summed E-state index contributed by atoms with van der Waals surface area (Å²) in [7, 11) is -3.44. The SMILES string of the molecule is CCS(=O)(=O)c1cccc(C(=O)N2C(C(=O)N[C@@H](c3ccc(Cl)cc3)C3COC3)C[C@H]3C[C@H]32)c1. The zero-order valence-electron chi connectivity index (χ0n) is 18.8. The maximum atomic E-state index is 13.5. The highest BCUT2D eigenvalue weighted by Crippen LogP contribution is 2.48. The number of amides is 2. The molecule has 34 heavy (non-hydrogen) atoms. The Bertz CT molecular complexity index is 1210. The molecule has 7 nitrogen and oxygen atoms in total. The maximum absolute atomic E-state index is 13.5. The number of sulfone groups is 1. The second kappa shape index (κ2) is 8.98. The number of nitrogens with zero attached hydrogens (tertiary/aromatic N) is 1. The van der Waals surface area contributed by atoms with Crippen molar-refractivity contribution >= 4 is 33.3 Å². The molecule has 1 saturated carbocycles. The van der Waals surface area contributed by atoms with Crippen LogP contribution >= 0.6 is 11.6 Å². The number of likely N-dealkylation sites (tertiary alicyclic amines) is 1. The van der Waals surface area contributed by atoms with E-state index in [0.717, 1.165) is 12.0 Å². The topological polar surface area (TPSA) is 92.8 Å². The molecule has 180 valence electrons. The van der Waals surface area contributed by atoms with Crippen LogP contribution < -0.4 is 5.32 Å². The number of nitrogens with one attached hydrogen (secondary N) is 1. The number of carbonyl (C=O) groups is 2. The highest BCUT2D eigenvalue weighted by atomic mass is 35.5. The molecule has 9 heteroatoms. The molecule has 2 heterocycles. The lowest BCUT2D eigenvalue weighted by atomic mass is 9.91. The minimum atomic E-state index is -3.44. The highest BCUT2D eigenvalue weighted by Gasteiger charge is 2.56. The standard InChI is InChI=1S/C25H27ClN2O5S/c1-2-34(31,32)20-5-3-4-16(10-20)25(30)28-21-11-17(21)12-22(28)24(29)27-23(18-13-33-14-18)15-6-8-19(26)9-7-15/h3-10,17-18,21-23H,2,11-14H2,1H3,(H,27,29)/t17-,21-,22?,23+/m1/s1. The third kappa shape index (κ3) is 4.34. The Morgan fingerprint density at radius 2 is 1.88 bits per heavy atom. The number of carbonyl (C=O) groups excluding carboxylic acids is 2. The summed E-state index contributed by atoms with van der Waals surface area (Å²) in [4.78, 5) is 28.7. The van der Waals surface area contributed by atoms with Gasteiger partial charge in [-0.15, -0.1) is 0 Å². The first-order valence-electron chi connectivity index (χ1n) is 11.6. The molecule has 2 saturated heterocycles. The van der Waals surface area contributed by atoms with Crippen LogP contribution in [-0.4, -0.2) is 56.2 Å². The van der Waals surface area contributed by atoms with Gasteiger partial charge < -0.3 is 15.0 Å². The van der Waals surface area contributed by atoms with Crippen LogP contribution in [-0.2, 0) is 19.4 Å². The first-order chi connectivity index (χ1) is 16.3. The van der Waals surface area contributed by atoms with Crippen LogP contribution in [0.5, 0.6) is 0 Å². The van der Waals surface area contributed by atoms with Crippen LogP contribution in [0.15, 0.2) is 53.4 Å². The van der Waals surface area contributed by atoms with E-state index in [1.807, 2.05) is 12.1 Å². The number of hydrogen-bond donors (Lipinski definition) is 1. The normalized spacial score (nSPS) is 24.8. The lowest BCUT2D eigenvalue weighted by molar-refractivity contribution is -0.128. The van der Waals surface area contributed by atoms with Crippen LogP contribution in [0.25, 0.3) is 0 Å². The number of hydrogen-bond acceptors (Lipinski definition) is 5. The minimum absolute atomic E-state index is 0.0238. The molecule has 3 aliphatic rings. The average Bonchev–Trinajstić information content (AvgIpc) is 3.47. The van der Waals surface area contributed by atoms with Gasteiger partial charge in [-0.25, -0.2) is 8.42 Å². The molecule has 0 radical (unpaired) electrons. The van der Waals surface area contributed by atoms with Crippen LogP contribution in [0.3, 0.4) is 0 Å². The van der Waals surface area contributed by atoms with Crippen molar-refractivity contribution in [2.75, 3.05) is 19.0 Å². The summed E-state index contributed by atoms with van der Waals surface area (Å²) in [6.45, 7) is 2.69. The quantitative estimate of drug-likeness (QED) is 0.627. The lowest BCUT2D eigenvalue weighted by Crippen LogP contribution is -2.51. The Kier molecular flexibility index (Phi) is 6.16. The molecule has 1 N–H and O–H groups in total. The van der Waals surface area contributed by atoms with Gasteiger partial charge in [0.25, 0.3) is 5.91 Å². The summed E-state index contributed by atoms with van der Waals surface area (Å²) >= 11 is 6.04. The van der Waals surface area contributed by atoms with Gasteiger partial charge in [-0.1, -0.05) is 36.7 Å². The van der Waals surface area contributed by atoms with Crippen molar-refractivity contribution in [3.05, 3.63) is 64.7 Å². The molecular formula is C25H27ClN2O5S. The second-order valence-corrected chi connectivity index (χ2v) is 12.0. The fourth-order valence-corrected chi connectivity index (χ4v) is 6.01. The molecule has 0 bridgehead atoms. The summed E-state index contributed by atoms with van der Waals surface area (Å²) in [5.74, 6) is -0.0661. The predicted molar refractivity (Wildman–Crippen MR) is 127 cm³/mol. The van der Waals surface area contributed by atoms with Crippen molar-refractivity contribution in [3.8, 4) is 0 Å². The van der Waals surface area contributed by atoms with Crippen LogP contribution in [0.1, 0.15) is 41.7 Å². The van der Waals surface area contributed by atoms with E-state index < -0.39 is 15.9 Å². The molecule has 2 aromatic rings. The van der Waals surface area contributed by atoms with Crippen LogP contribution in [0, 0.1) is 11.8 Å². The molecule has 2 aliphatic heterocycles.